The van der Waals surface area contributed by atoms with Crippen molar-refractivity contribution < 1.29 is 9.53 Å². The van der Waals surface area contributed by atoms with Crippen LogP contribution < -0.4 is 5.73 Å². The number of nitrogens with two attached hydrogens (primary N) is 1. The minimum Gasteiger partial charge on any atom is -0.379 e. The quantitative estimate of drug-likeness (QED) is 0.852. The third-order valence-corrected chi connectivity index (χ3v) is 3.55. The highest BCUT2D eigenvalue weighted by molar-refractivity contribution is 14.1. The second kappa shape index (κ2) is 5.25. The Hall–Kier alpha value is -0.460. The number of carbonyl (C=O) groups excluding carboxylic acids is 1. The summed E-state index contributed by atoms with van der Waals surface area (Å²) in [5.74, 6) is 0.0606. The van der Waals surface area contributed by atoms with Gasteiger partial charge >= 0.3 is 0 Å². The molecular formula is C12H14INO2. The van der Waals surface area contributed by atoms with E-state index in [0.717, 1.165) is 5.56 Å². The Morgan fingerprint density at radius 1 is 1.38 bits per heavy atom. The first kappa shape index (κ1) is 12.0. The van der Waals surface area contributed by atoms with Gasteiger partial charge in [0.05, 0.1) is 19.1 Å². The number of ketones is 1. The lowest BCUT2D eigenvalue weighted by Crippen LogP contribution is -2.34. The molecule has 1 heterocycles. The minimum atomic E-state index is -0.128. The topological polar surface area (TPSA) is 52.3 Å². The van der Waals surface area contributed by atoms with Crippen LogP contribution >= 0.6 is 22.6 Å². The molecule has 1 aromatic rings. The first-order valence-electron chi connectivity index (χ1n) is 5.27. The lowest BCUT2D eigenvalue weighted by atomic mass is 9.94. The maximum absolute atomic E-state index is 11.9. The average molecular weight is 331 g/mol. The zero-order valence-electron chi connectivity index (χ0n) is 8.86. The van der Waals surface area contributed by atoms with Gasteiger partial charge in [0.25, 0.3) is 0 Å². The Morgan fingerprint density at radius 3 is 2.62 bits per heavy atom. The molecular weight excluding hydrogens is 317 g/mol. The Labute approximate surface area is 108 Å². The molecule has 2 atom stereocenters. The Bertz CT molecular complexity index is 377. The molecule has 0 aliphatic carbocycles. The van der Waals surface area contributed by atoms with E-state index in [9.17, 15) is 4.79 Å². The van der Waals surface area contributed by atoms with Crippen LogP contribution in [0.25, 0.3) is 0 Å². The van der Waals surface area contributed by atoms with Gasteiger partial charge < -0.3 is 10.5 Å². The van der Waals surface area contributed by atoms with Crippen molar-refractivity contribution in [1.29, 1.82) is 0 Å². The third kappa shape index (κ3) is 2.81. The van der Waals surface area contributed by atoms with Crippen LogP contribution in [0.4, 0.5) is 0 Å². The largest absolute Gasteiger partial charge is 0.379 e. The zero-order chi connectivity index (χ0) is 11.5. The Morgan fingerprint density at radius 2 is 2.06 bits per heavy atom. The summed E-state index contributed by atoms with van der Waals surface area (Å²) in [4.78, 5) is 11.9. The van der Waals surface area contributed by atoms with Gasteiger partial charge in [0.1, 0.15) is 5.78 Å². The van der Waals surface area contributed by atoms with Crippen LogP contribution in [0.2, 0.25) is 0 Å². The molecule has 0 spiro atoms. The minimum absolute atomic E-state index is 0.126. The molecule has 0 bridgehead atoms. The molecule has 1 fully saturated rings. The van der Waals surface area contributed by atoms with Crippen LogP contribution in [-0.4, -0.2) is 25.0 Å². The van der Waals surface area contributed by atoms with Crippen LogP contribution in [0.15, 0.2) is 24.3 Å². The van der Waals surface area contributed by atoms with Crippen LogP contribution in [0.5, 0.6) is 0 Å². The molecule has 0 aromatic heterocycles. The van der Waals surface area contributed by atoms with Gasteiger partial charge in [-0.25, -0.2) is 0 Å². The maximum atomic E-state index is 11.9. The summed E-state index contributed by atoms with van der Waals surface area (Å²) in [5, 5.41) is 0. The van der Waals surface area contributed by atoms with E-state index >= 15 is 0 Å². The van der Waals surface area contributed by atoms with Crippen LogP contribution in [0.3, 0.4) is 0 Å². The molecule has 2 N–H and O–H groups in total. The van der Waals surface area contributed by atoms with E-state index in [1.165, 1.54) is 3.57 Å². The number of ether oxygens (including phenoxy) is 1. The summed E-state index contributed by atoms with van der Waals surface area (Å²) in [5.41, 5.74) is 6.86. The van der Waals surface area contributed by atoms with Gasteiger partial charge in [-0.2, -0.15) is 0 Å². The van der Waals surface area contributed by atoms with Crippen molar-refractivity contribution >= 4 is 28.4 Å². The van der Waals surface area contributed by atoms with Gasteiger partial charge in [-0.1, -0.05) is 12.1 Å². The van der Waals surface area contributed by atoms with Gasteiger partial charge in [0, 0.05) is 16.0 Å². The molecule has 86 valence electrons. The fourth-order valence-corrected chi connectivity index (χ4v) is 2.20. The molecule has 1 aromatic carbocycles. The van der Waals surface area contributed by atoms with E-state index in [4.69, 9.17) is 10.5 Å². The van der Waals surface area contributed by atoms with E-state index in [0.29, 0.717) is 19.6 Å². The molecule has 2 unspecified atom stereocenters. The first-order valence-corrected chi connectivity index (χ1v) is 6.35. The molecule has 1 saturated heterocycles. The van der Waals surface area contributed by atoms with Crippen LogP contribution in [0, 0.1) is 9.49 Å². The summed E-state index contributed by atoms with van der Waals surface area (Å²) in [7, 11) is 0. The molecule has 0 saturated carbocycles. The van der Waals surface area contributed by atoms with E-state index in [2.05, 4.69) is 22.6 Å². The molecule has 0 amide bonds. The predicted molar refractivity (Wildman–Crippen MR) is 70.2 cm³/mol. The van der Waals surface area contributed by atoms with Crippen molar-refractivity contribution in [1.82, 2.24) is 0 Å². The number of halogens is 1. The van der Waals surface area contributed by atoms with Crippen molar-refractivity contribution in [3.63, 3.8) is 0 Å². The third-order valence-electron chi connectivity index (χ3n) is 2.83. The Kier molecular flexibility index (Phi) is 3.94. The number of benzene rings is 1. The fourth-order valence-electron chi connectivity index (χ4n) is 1.84. The number of hydrogen-bond donors (Lipinski definition) is 1. The normalized spacial score (nSPS) is 24.6. The van der Waals surface area contributed by atoms with Crippen molar-refractivity contribution in [2.45, 2.75) is 12.5 Å². The van der Waals surface area contributed by atoms with Crippen molar-refractivity contribution in [2.24, 2.45) is 11.7 Å². The molecule has 1 aliphatic rings. The maximum Gasteiger partial charge on any atom is 0.144 e. The molecule has 1 aliphatic heterocycles. The van der Waals surface area contributed by atoms with Gasteiger partial charge in [0.2, 0.25) is 0 Å². The van der Waals surface area contributed by atoms with Gasteiger partial charge in [-0.3, -0.25) is 4.79 Å². The van der Waals surface area contributed by atoms with Gasteiger partial charge in [-0.15, -0.1) is 0 Å². The lowest BCUT2D eigenvalue weighted by Gasteiger charge is -2.11. The standard InChI is InChI=1S/C12H14INO2/c13-9-3-1-8(2-4-9)5-12(15)10-6-16-7-11(10)14/h1-4,10-11H,5-7,14H2. The second-order valence-electron chi connectivity index (χ2n) is 4.08. The summed E-state index contributed by atoms with van der Waals surface area (Å²) >= 11 is 2.25. The molecule has 3 nitrogen and oxygen atoms in total. The van der Waals surface area contributed by atoms with Crippen molar-refractivity contribution in [2.75, 3.05) is 13.2 Å². The number of hydrogen-bond acceptors (Lipinski definition) is 3. The second-order valence-corrected chi connectivity index (χ2v) is 5.32. The van der Waals surface area contributed by atoms with Gasteiger partial charge in [0.15, 0.2) is 0 Å². The van der Waals surface area contributed by atoms with Crippen molar-refractivity contribution in [3.8, 4) is 0 Å². The van der Waals surface area contributed by atoms with Crippen LogP contribution in [0.1, 0.15) is 5.56 Å². The zero-order valence-corrected chi connectivity index (χ0v) is 11.0. The average Bonchev–Trinajstić information content (AvgIpc) is 2.68. The number of rotatable bonds is 3. The summed E-state index contributed by atoms with van der Waals surface area (Å²) in [6, 6.07) is 7.86. The van der Waals surface area contributed by atoms with E-state index in [1.807, 2.05) is 24.3 Å². The lowest BCUT2D eigenvalue weighted by molar-refractivity contribution is -0.122. The number of Topliss-reactive ketones (excluding diaryl/α,β-unsaturated/α-hetero) is 1. The molecule has 2 rings (SSSR count). The molecule has 16 heavy (non-hydrogen) atoms. The van der Waals surface area contributed by atoms with Crippen molar-refractivity contribution in [3.05, 3.63) is 33.4 Å². The highest BCUT2D eigenvalue weighted by atomic mass is 127. The number of carbonyl (C=O) groups is 1. The van der Waals surface area contributed by atoms with E-state index in [-0.39, 0.29) is 17.7 Å². The fraction of sp³-hybridized carbons (Fsp3) is 0.417. The van der Waals surface area contributed by atoms with Crippen LogP contribution in [-0.2, 0) is 16.0 Å². The SMILES string of the molecule is NC1COCC1C(=O)Cc1ccc(I)cc1. The first-order chi connectivity index (χ1) is 7.66. The highest BCUT2D eigenvalue weighted by Crippen LogP contribution is 2.16. The summed E-state index contributed by atoms with van der Waals surface area (Å²) in [6.07, 6.45) is 0.457. The monoisotopic (exact) mass is 331 g/mol. The molecule has 0 radical (unpaired) electrons. The smallest absolute Gasteiger partial charge is 0.144 e. The predicted octanol–water partition coefficient (Wildman–Crippen LogP) is 1.38. The summed E-state index contributed by atoms with van der Waals surface area (Å²) < 4.78 is 6.38. The van der Waals surface area contributed by atoms with E-state index < -0.39 is 0 Å². The van der Waals surface area contributed by atoms with E-state index in [1.54, 1.807) is 0 Å². The van der Waals surface area contributed by atoms with Gasteiger partial charge in [-0.05, 0) is 40.3 Å². The molecule has 4 heteroatoms. The highest BCUT2D eigenvalue weighted by Gasteiger charge is 2.30. The summed E-state index contributed by atoms with van der Waals surface area (Å²) in [6.45, 7) is 0.980. The Balaban J connectivity index is 1.99.